The molecule has 1 fully saturated rings. The highest BCUT2D eigenvalue weighted by atomic mass is 127. The van der Waals surface area contributed by atoms with Gasteiger partial charge in [0, 0.05) is 42.1 Å². The first-order chi connectivity index (χ1) is 19.3. The van der Waals surface area contributed by atoms with Crippen molar-refractivity contribution in [2.24, 2.45) is 5.92 Å². The number of halogens is 2. The standard InChI is InChI=1S/C29H32FIN2O7/c1-39-25-12-17(16-35)11-22(31)27(25)40-24-14-20(28(37)32-9-10-34)13-23(26(24)36)33(29(38)18-6-4-7-18)15-19-5-2-3-8-21(19)30/h2-3,5,8,11-12,14,16,18,23-24,26,34,36H,4,6-7,9-10,13,15H2,1H3,(H,32,37)/t23-,24+,26+/m1/s1. The molecule has 0 aromatic heterocycles. The fraction of sp³-hybridized carbons (Fsp3) is 0.414. The van der Waals surface area contributed by atoms with E-state index in [2.05, 4.69) is 5.32 Å². The van der Waals surface area contributed by atoms with E-state index in [0.29, 0.717) is 33.8 Å². The molecule has 9 nitrogen and oxygen atoms in total. The third-order valence-electron chi connectivity index (χ3n) is 7.29. The molecule has 3 N–H and O–H groups in total. The number of benzene rings is 2. The van der Waals surface area contributed by atoms with E-state index >= 15 is 0 Å². The maximum Gasteiger partial charge on any atom is 0.247 e. The summed E-state index contributed by atoms with van der Waals surface area (Å²) >= 11 is 1.99. The van der Waals surface area contributed by atoms with Crippen LogP contribution in [0.2, 0.25) is 0 Å². The summed E-state index contributed by atoms with van der Waals surface area (Å²) in [5.41, 5.74) is 0.922. The molecule has 40 heavy (non-hydrogen) atoms. The van der Waals surface area contributed by atoms with Crippen LogP contribution in [-0.2, 0) is 16.1 Å². The molecule has 0 saturated heterocycles. The van der Waals surface area contributed by atoms with Crippen LogP contribution in [0.1, 0.15) is 41.6 Å². The lowest BCUT2D eigenvalue weighted by molar-refractivity contribution is -0.146. The van der Waals surface area contributed by atoms with Crippen molar-refractivity contribution in [1.29, 1.82) is 0 Å². The number of carbonyl (C=O) groups is 3. The van der Waals surface area contributed by atoms with Gasteiger partial charge in [-0.05, 0) is 59.7 Å². The Balaban J connectivity index is 1.73. The van der Waals surface area contributed by atoms with Gasteiger partial charge in [-0.3, -0.25) is 14.4 Å². The third-order valence-corrected chi connectivity index (χ3v) is 8.09. The number of hydrogen-bond acceptors (Lipinski definition) is 7. The van der Waals surface area contributed by atoms with Gasteiger partial charge in [0.1, 0.15) is 24.3 Å². The number of aldehydes is 1. The Morgan fingerprint density at radius 2 is 2.00 bits per heavy atom. The second kappa shape index (κ2) is 13.6. The number of amides is 2. The molecule has 0 radical (unpaired) electrons. The molecule has 2 amide bonds. The van der Waals surface area contributed by atoms with E-state index in [0.717, 1.165) is 6.42 Å². The van der Waals surface area contributed by atoms with Crippen LogP contribution in [0.25, 0.3) is 0 Å². The zero-order valence-corrected chi connectivity index (χ0v) is 24.2. The van der Waals surface area contributed by atoms with Crippen molar-refractivity contribution < 1.29 is 38.5 Å². The third kappa shape index (κ3) is 6.64. The summed E-state index contributed by atoms with van der Waals surface area (Å²) in [4.78, 5) is 39.5. The fourth-order valence-corrected chi connectivity index (χ4v) is 5.65. The van der Waals surface area contributed by atoms with E-state index in [-0.39, 0.29) is 55.0 Å². The second-order valence-electron chi connectivity index (χ2n) is 9.85. The molecule has 0 spiro atoms. The molecule has 2 aliphatic rings. The number of nitrogens with zero attached hydrogens (tertiary/aromatic N) is 1. The van der Waals surface area contributed by atoms with Crippen molar-refractivity contribution in [3.05, 3.63) is 68.6 Å². The van der Waals surface area contributed by atoms with Gasteiger partial charge in [0.15, 0.2) is 11.5 Å². The lowest BCUT2D eigenvalue weighted by Gasteiger charge is -2.43. The van der Waals surface area contributed by atoms with Crippen LogP contribution in [0, 0.1) is 15.3 Å². The van der Waals surface area contributed by atoms with Crippen molar-refractivity contribution in [2.45, 2.75) is 50.5 Å². The van der Waals surface area contributed by atoms with Gasteiger partial charge >= 0.3 is 0 Å². The van der Waals surface area contributed by atoms with Crippen LogP contribution in [0.4, 0.5) is 4.39 Å². The van der Waals surface area contributed by atoms with Crippen molar-refractivity contribution in [3.8, 4) is 11.5 Å². The van der Waals surface area contributed by atoms with E-state index in [1.807, 2.05) is 22.6 Å². The average Bonchev–Trinajstić information content (AvgIpc) is 2.92. The molecule has 2 aromatic carbocycles. The molecular formula is C29H32FIN2O7. The molecule has 0 aliphatic heterocycles. The Morgan fingerprint density at radius 1 is 1.25 bits per heavy atom. The zero-order valence-electron chi connectivity index (χ0n) is 22.0. The van der Waals surface area contributed by atoms with Crippen LogP contribution in [0.3, 0.4) is 0 Å². The van der Waals surface area contributed by atoms with Crippen LogP contribution in [-0.4, -0.2) is 71.7 Å². The Bertz CT molecular complexity index is 1280. The molecule has 0 unspecified atom stereocenters. The number of hydrogen-bond donors (Lipinski definition) is 3. The lowest BCUT2D eigenvalue weighted by Crippen LogP contribution is -2.56. The fourth-order valence-electron chi connectivity index (χ4n) is 4.90. The number of ether oxygens (including phenoxy) is 2. The van der Waals surface area contributed by atoms with Crippen molar-refractivity contribution in [2.75, 3.05) is 20.3 Å². The second-order valence-corrected chi connectivity index (χ2v) is 11.0. The quantitative estimate of drug-likeness (QED) is 0.249. The normalized spacial score (nSPS) is 20.6. The Hall–Kier alpha value is -3.03. The predicted molar refractivity (Wildman–Crippen MR) is 152 cm³/mol. The van der Waals surface area contributed by atoms with Crippen molar-refractivity contribution in [1.82, 2.24) is 10.2 Å². The highest BCUT2D eigenvalue weighted by molar-refractivity contribution is 14.1. The van der Waals surface area contributed by atoms with Gasteiger partial charge < -0.3 is 29.9 Å². The van der Waals surface area contributed by atoms with Gasteiger partial charge in [-0.15, -0.1) is 0 Å². The summed E-state index contributed by atoms with van der Waals surface area (Å²) in [6, 6.07) is 8.34. The molecule has 4 rings (SSSR count). The van der Waals surface area contributed by atoms with Crippen molar-refractivity contribution >= 4 is 40.7 Å². The predicted octanol–water partition coefficient (Wildman–Crippen LogP) is 3.00. The monoisotopic (exact) mass is 666 g/mol. The summed E-state index contributed by atoms with van der Waals surface area (Å²) in [6.07, 6.45) is 2.12. The van der Waals surface area contributed by atoms with Gasteiger partial charge in [0.25, 0.3) is 0 Å². The number of aliphatic hydroxyl groups is 2. The van der Waals surface area contributed by atoms with Gasteiger partial charge in [-0.25, -0.2) is 4.39 Å². The minimum atomic E-state index is -1.28. The number of rotatable bonds is 11. The maximum atomic E-state index is 14.7. The van der Waals surface area contributed by atoms with Crippen LogP contribution < -0.4 is 14.8 Å². The number of carbonyl (C=O) groups excluding carboxylic acids is 3. The lowest BCUT2D eigenvalue weighted by atomic mass is 9.82. The first-order valence-corrected chi connectivity index (χ1v) is 14.2. The molecule has 1 saturated carbocycles. The number of nitrogens with one attached hydrogen (secondary N) is 1. The first kappa shape index (κ1) is 29.9. The molecule has 2 aliphatic carbocycles. The van der Waals surface area contributed by atoms with Gasteiger partial charge in [0.2, 0.25) is 11.8 Å². The molecule has 3 atom stereocenters. The van der Waals surface area contributed by atoms with Gasteiger partial charge in [0.05, 0.1) is 23.3 Å². The maximum absolute atomic E-state index is 14.7. The van der Waals surface area contributed by atoms with Crippen LogP contribution in [0.15, 0.2) is 48.0 Å². The van der Waals surface area contributed by atoms with Crippen molar-refractivity contribution in [3.63, 3.8) is 0 Å². The molecule has 0 heterocycles. The van der Waals surface area contributed by atoms with E-state index < -0.39 is 30.0 Å². The van der Waals surface area contributed by atoms with E-state index in [9.17, 15) is 29.0 Å². The molecular weight excluding hydrogens is 634 g/mol. The number of methoxy groups -OCH3 is 1. The Morgan fingerprint density at radius 3 is 2.62 bits per heavy atom. The SMILES string of the molecule is COc1cc(C=O)cc(I)c1O[C@H]1C=C(C(=O)NCCO)C[C@@H](N(Cc2ccccc2F)C(=O)C2CCC2)[C@@H]1O. The van der Waals surface area contributed by atoms with E-state index in [1.54, 1.807) is 24.3 Å². The smallest absolute Gasteiger partial charge is 0.247 e. The topological polar surface area (TPSA) is 125 Å². The number of aliphatic hydroxyl groups excluding tert-OH is 2. The van der Waals surface area contributed by atoms with E-state index in [4.69, 9.17) is 9.47 Å². The minimum Gasteiger partial charge on any atom is -0.493 e. The van der Waals surface area contributed by atoms with Crippen LogP contribution >= 0.6 is 22.6 Å². The van der Waals surface area contributed by atoms with Crippen LogP contribution in [0.5, 0.6) is 11.5 Å². The highest BCUT2D eigenvalue weighted by Crippen LogP contribution is 2.38. The summed E-state index contributed by atoms with van der Waals surface area (Å²) in [7, 11) is 1.42. The summed E-state index contributed by atoms with van der Waals surface area (Å²) in [5, 5.41) is 23.5. The molecule has 0 bridgehead atoms. The minimum absolute atomic E-state index is 0.00348. The van der Waals surface area contributed by atoms with Gasteiger partial charge in [-0.1, -0.05) is 24.6 Å². The average molecular weight is 666 g/mol. The Kier molecular flexibility index (Phi) is 10.1. The zero-order chi connectivity index (χ0) is 28.8. The first-order valence-electron chi connectivity index (χ1n) is 13.1. The van der Waals surface area contributed by atoms with E-state index in [1.165, 1.54) is 30.2 Å². The summed E-state index contributed by atoms with van der Waals surface area (Å²) in [5.74, 6) is -0.880. The highest BCUT2D eigenvalue weighted by Gasteiger charge is 2.43. The van der Waals surface area contributed by atoms with Gasteiger partial charge in [-0.2, -0.15) is 0 Å². The molecule has 11 heteroatoms. The Labute approximate surface area is 245 Å². The summed E-state index contributed by atoms with van der Waals surface area (Å²) in [6.45, 7) is -0.326. The molecule has 214 valence electrons. The summed E-state index contributed by atoms with van der Waals surface area (Å²) < 4.78 is 26.9. The molecule has 2 aromatic rings. The largest absolute Gasteiger partial charge is 0.493 e.